The Hall–Kier alpha value is -2.24. The quantitative estimate of drug-likeness (QED) is 0.871. The summed E-state index contributed by atoms with van der Waals surface area (Å²) in [6.07, 6.45) is -0.852. The second-order valence-electron chi connectivity index (χ2n) is 4.60. The van der Waals surface area contributed by atoms with E-state index in [-0.39, 0.29) is 5.75 Å². The van der Waals surface area contributed by atoms with Crippen molar-refractivity contribution >= 4 is 12.1 Å². The van der Waals surface area contributed by atoms with Crippen LogP contribution in [-0.4, -0.2) is 29.8 Å². The van der Waals surface area contributed by atoms with E-state index in [1.165, 1.54) is 21.0 Å². The first-order chi connectivity index (χ1) is 8.76. The van der Waals surface area contributed by atoms with Crippen molar-refractivity contribution in [1.29, 1.82) is 0 Å². The molecule has 1 aromatic rings. The lowest BCUT2D eigenvalue weighted by atomic mass is 10.1. The third kappa shape index (κ3) is 3.87. The SMILES string of the molecule is COc1cc(C)ccc1OC(=O)NC(C)(C)C(=O)O. The number of methoxy groups -OCH3 is 1. The number of nitrogens with one attached hydrogen (secondary N) is 1. The molecule has 0 heterocycles. The molecule has 0 bridgehead atoms. The molecule has 0 aromatic heterocycles. The summed E-state index contributed by atoms with van der Waals surface area (Å²) in [7, 11) is 1.46. The van der Waals surface area contributed by atoms with Crippen molar-refractivity contribution in [2.24, 2.45) is 0 Å². The summed E-state index contributed by atoms with van der Waals surface area (Å²) in [6, 6.07) is 5.06. The van der Waals surface area contributed by atoms with Gasteiger partial charge in [0.15, 0.2) is 11.5 Å². The molecular formula is C13H17NO5. The Bertz CT molecular complexity index is 496. The van der Waals surface area contributed by atoms with Crippen molar-refractivity contribution < 1.29 is 24.2 Å². The highest BCUT2D eigenvalue weighted by Crippen LogP contribution is 2.27. The Kier molecular flexibility index (Phi) is 4.37. The molecule has 2 N–H and O–H groups in total. The van der Waals surface area contributed by atoms with Crippen LogP contribution >= 0.6 is 0 Å². The van der Waals surface area contributed by atoms with Gasteiger partial charge in [0, 0.05) is 0 Å². The molecule has 6 nitrogen and oxygen atoms in total. The Morgan fingerprint density at radius 3 is 2.42 bits per heavy atom. The number of carbonyl (C=O) groups excluding carboxylic acids is 1. The lowest BCUT2D eigenvalue weighted by Crippen LogP contribution is -2.50. The number of carboxylic acid groups (broad SMARTS) is 1. The minimum atomic E-state index is -1.41. The van der Waals surface area contributed by atoms with Gasteiger partial charge in [-0.1, -0.05) is 6.07 Å². The molecule has 0 unspecified atom stereocenters. The average Bonchev–Trinajstić information content (AvgIpc) is 2.30. The number of amides is 1. The fraction of sp³-hybridized carbons (Fsp3) is 0.385. The van der Waals surface area contributed by atoms with Crippen molar-refractivity contribution in [2.75, 3.05) is 7.11 Å². The minimum absolute atomic E-state index is 0.229. The van der Waals surface area contributed by atoms with Crippen LogP contribution in [0.3, 0.4) is 0 Å². The molecule has 0 atom stereocenters. The van der Waals surface area contributed by atoms with Crippen molar-refractivity contribution in [1.82, 2.24) is 5.32 Å². The second kappa shape index (κ2) is 5.60. The zero-order valence-electron chi connectivity index (χ0n) is 11.3. The molecule has 6 heteroatoms. The summed E-state index contributed by atoms with van der Waals surface area (Å²) >= 11 is 0. The van der Waals surface area contributed by atoms with Crippen LogP contribution in [0.5, 0.6) is 11.5 Å². The molecule has 104 valence electrons. The van der Waals surface area contributed by atoms with Gasteiger partial charge in [-0.2, -0.15) is 0 Å². The average molecular weight is 267 g/mol. The standard InChI is InChI=1S/C13H17NO5/c1-8-5-6-9(10(7-8)18-4)19-12(17)14-13(2,3)11(15)16/h5-7H,1-4H3,(H,14,17)(H,15,16). The summed E-state index contributed by atoms with van der Waals surface area (Å²) in [5.41, 5.74) is -0.454. The van der Waals surface area contributed by atoms with Crippen LogP contribution in [0.1, 0.15) is 19.4 Å². The first-order valence-corrected chi connectivity index (χ1v) is 5.64. The first kappa shape index (κ1) is 14.8. The highest BCUT2D eigenvalue weighted by atomic mass is 16.6. The molecule has 1 rings (SSSR count). The molecule has 0 saturated heterocycles. The normalized spacial score (nSPS) is 10.7. The van der Waals surface area contributed by atoms with Gasteiger partial charge in [0.2, 0.25) is 0 Å². The number of carbonyl (C=O) groups is 2. The van der Waals surface area contributed by atoms with E-state index >= 15 is 0 Å². The minimum Gasteiger partial charge on any atom is -0.493 e. The van der Waals surface area contributed by atoms with Crippen molar-refractivity contribution in [3.8, 4) is 11.5 Å². The van der Waals surface area contributed by atoms with Gasteiger partial charge >= 0.3 is 12.1 Å². The van der Waals surface area contributed by atoms with Crippen LogP contribution < -0.4 is 14.8 Å². The molecule has 0 spiro atoms. The van der Waals surface area contributed by atoms with E-state index in [0.29, 0.717) is 5.75 Å². The first-order valence-electron chi connectivity index (χ1n) is 5.64. The third-order valence-corrected chi connectivity index (χ3v) is 2.47. The highest BCUT2D eigenvalue weighted by Gasteiger charge is 2.30. The molecule has 0 aliphatic rings. The predicted octanol–water partition coefficient (Wildman–Crippen LogP) is 1.96. The van der Waals surface area contributed by atoms with Gasteiger partial charge in [0.05, 0.1) is 7.11 Å². The Balaban J connectivity index is 2.80. The molecule has 0 aliphatic heterocycles. The van der Waals surface area contributed by atoms with Crippen LogP contribution in [0.25, 0.3) is 0 Å². The molecule has 0 aliphatic carbocycles. The zero-order chi connectivity index (χ0) is 14.6. The maximum absolute atomic E-state index is 11.6. The smallest absolute Gasteiger partial charge is 0.413 e. The topological polar surface area (TPSA) is 84.9 Å². The van der Waals surface area contributed by atoms with Crippen LogP contribution in [0.4, 0.5) is 4.79 Å². The number of rotatable bonds is 4. The van der Waals surface area contributed by atoms with Gasteiger partial charge in [-0.3, -0.25) is 0 Å². The van der Waals surface area contributed by atoms with Gasteiger partial charge in [-0.05, 0) is 38.5 Å². The van der Waals surface area contributed by atoms with Crippen LogP contribution in [0, 0.1) is 6.92 Å². The van der Waals surface area contributed by atoms with E-state index in [9.17, 15) is 9.59 Å². The second-order valence-corrected chi connectivity index (χ2v) is 4.60. The molecule has 0 saturated carbocycles. The summed E-state index contributed by atoms with van der Waals surface area (Å²) in [5.74, 6) is -0.518. The maximum Gasteiger partial charge on any atom is 0.413 e. The fourth-order valence-corrected chi connectivity index (χ4v) is 1.29. The summed E-state index contributed by atoms with van der Waals surface area (Å²) < 4.78 is 10.1. The van der Waals surface area contributed by atoms with E-state index in [0.717, 1.165) is 5.56 Å². The number of hydrogen-bond acceptors (Lipinski definition) is 4. The number of aryl methyl sites for hydroxylation is 1. The van der Waals surface area contributed by atoms with Gasteiger partial charge in [0.1, 0.15) is 5.54 Å². The van der Waals surface area contributed by atoms with E-state index in [2.05, 4.69) is 5.32 Å². The van der Waals surface area contributed by atoms with Gasteiger partial charge < -0.3 is 19.9 Å². The lowest BCUT2D eigenvalue weighted by molar-refractivity contribution is -0.143. The largest absolute Gasteiger partial charge is 0.493 e. The van der Waals surface area contributed by atoms with Crippen LogP contribution in [0.2, 0.25) is 0 Å². The van der Waals surface area contributed by atoms with E-state index in [4.69, 9.17) is 14.6 Å². The summed E-state index contributed by atoms with van der Waals surface area (Å²) in [4.78, 5) is 22.5. The summed E-state index contributed by atoms with van der Waals surface area (Å²) in [5, 5.41) is 11.2. The van der Waals surface area contributed by atoms with Crippen molar-refractivity contribution in [3.05, 3.63) is 23.8 Å². The number of ether oxygens (including phenoxy) is 2. The highest BCUT2D eigenvalue weighted by molar-refractivity contribution is 5.84. The Labute approximate surface area is 111 Å². The molecular weight excluding hydrogens is 250 g/mol. The van der Waals surface area contributed by atoms with Gasteiger partial charge in [-0.15, -0.1) is 0 Å². The number of carboxylic acids is 1. The molecule has 0 fully saturated rings. The van der Waals surface area contributed by atoms with Crippen molar-refractivity contribution in [2.45, 2.75) is 26.3 Å². The van der Waals surface area contributed by atoms with E-state index < -0.39 is 17.6 Å². The van der Waals surface area contributed by atoms with Crippen LogP contribution in [0.15, 0.2) is 18.2 Å². The Morgan fingerprint density at radius 1 is 1.26 bits per heavy atom. The van der Waals surface area contributed by atoms with Gasteiger partial charge in [-0.25, -0.2) is 9.59 Å². The van der Waals surface area contributed by atoms with Crippen molar-refractivity contribution in [3.63, 3.8) is 0 Å². The molecule has 0 radical (unpaired) electrons. The molecule has 1 aromatic carbocycles. The number of aliphatic carboxylic acids is 1. The number of benzene rings is 1. The predicted molar refractivity (Wildman–Crippen MR) is 68.6 cm³/mol. The number of hydrogen-bond donors (Lipinski definition) is 2. The van der Waals surface area contributed by atoms with E-state index in [1.54, 1.807) is 18.2 Å². The molecule has 19 heavy (non-hydrogen) atoms. The lowest BCUT2D eigenvalue weighted by Gasteiger charge is -2.20. The fourth-order valence-electron chi connectivity index (χ4n) is 1.29. The molecule has 1 amide bonds. The van der Waals surface area contributed by atoms with E-state index in [1.807, 2.05) is 6.92 Å². The van der Waals surface area contributed by atoms with Crippen LogP contribution in [-0.2, 0) is 4.79 Å². The zero-order valence-corrected chi connectivity index (χ0v) is 11.3. The van der Waals surface area contributed by atoms with Gasteiger partial charge in [0.25, 0.3) is 0 Å². The Morgan fingerprint density at radius 2 is 1.89 bits per heavy atom. The third-order valence-electron chi connectivity index (χ3n) is 2.47. The summed E-state index contributed by atoms with van der Waals surface area (Å²) in [6.45, 7) is 4.60. The maximum atomic E-state index is 11.6. The monoisotopic (exact) mass is 267 g/mol.